The molecule has 0 radical (unpaired) electrons. The lowest BCUT2D eigenvalue weighted by Crippen LogP contribution is -2.22. The molecule has 1 heterocycles. The van der Waals surface area contributed by atoms with Gasteiger partial charge in [-0.2, -0.15) is 0 Å². The van der Waals surface area contributed by atoms with Gasteiger partial charge in [0.2, 0.25) is 0 Å². The van der Waals surface area contributed by atoms with Gasteiger partial charge >= 0.3 is 0 Å². The van der Waals surface area contributed by atoms with Gasteiger partial charge in [-0.05, 0) is 30.5 Å². The second kappa shape index (κ2) is 4.72. The minimum atomic E-state index is -0.253. The molecule has 0 unspecified atom stereocenters. The average molecular weight is 249 g/mol. The minimum Gasteiger partial charge on any atom is -0.307 e. The molecule has 3 nitrogen and oxygen atoms in total. The first kappa shape index (κ1) is 11.9. The van der Waals surface area contributed by atoms with E-state index >= 15 is 0 Å². The third kappa shape index (κ3) is 2.39. The first-order chi connectivity index (χ1) is 8.09. The quantitative estimate of drug-likeness (QED) is 0.819. The van der Waals surface area contributed by atoms with Gasteiger partial charge in [0.25, 0.3) is 5.56 Å². The molecule has 0 saturated carbocycles. The number of hydrogen-bond acceptors (Lipinski definition) is 2. The highest BCUT2D eigenvalue weighted by atomic mass is 35.5. The largest absolute Gasteiger partial charge is 0.307 e. The number of benzene rings is 1. The summed E-state index contributed by atoms with van der Waals surface area (Å²) in [4.78, 5) is 15.5. The van der Waals surface area contributed by atoms with Gasteiger partial charge in [0.15, 0.2) is 5.15 Å². The molecule has 2 aromatic rings. The zero-order valence-corrected chi connectivity index (χ0v) is 10.5. The lowest BCUT2D eigenvalue weighted by molar-refractivity contribution is 0.740. The summed E-state index contributed by atoms with van der Waals surface area (Å²) in [5, 5.41) is 0.0127. The Morgan fingerprint density at radius 1 is 1.29 bits per heavy atom. The van der Waals surface area contributed by atoms with Crippen LogP contribution in [0.4, 0.5) is 0 Å². The van der Waals surface area contributed by atoms with Crippen LogP contribution in [0.2, 0.25) is 5.15 Å². The minimum absolute atomic E-state index is 0.0127. The molecular formula is C13H13ClN2O. The molecule has 2 rings (SSSR count). The summed E-state index contributed by atoms with van der Waals surface area (Å²) in [6.45, 7) is 4.60. The standard InChI is InChI=1S/C13H13ClN2O/c1-9-4-3-5-10(2)11(9)8-16-7-6-15-12(14)13(16)17/h3-7H,8H2,1-2H3. The monoisotopic (exact) mass is 248 g/mol. The summed E-state index contributed by atoms with van der Waals surface area (Å²) < 4.78 is 1.57. The zero-order valence-electron chi connectivity index (χ0n) is 9.77. The topological polar surface area (TPSA) is 34.9 Å². The predicted octanol–water partition coefficient (Wildman–Crippen LogP) is 2.56. The van der Waals surface area contributed by atoms with Gasteiger partial charge in [0, 0.05) is 12.4 Å². The highest BCUT2D eigenvalue weighted by Crippen LogP contribution is 2.14. The van der Waals surface area contributed by atoms with Gasteiger partial charge in [-0.25, -0.2) is 4.98 Å². The van der Waals surface area contributed by atoms with E-state index in [1.807, 2.05) is 32.0 Å². The smallest absolute Gasteiger partial charge is 0.288 e. The molecule has 1 aromatic heterocycles. The fourth-order valence-electron chi connectivity index (χ4n) is 1.81. The lowest BCUT2D eigenvalue weighted by Gasteiger charge is -2.11. The van der Waals surface area contributed by atoms with Crippen LogP contribution in [0.15, 0.2) is 35.4 Å². The molecule has 0 atom stereocenters. The molecule has 0 bridgehead atoms. The van der Waals surface area contributed by atoms with Crippen molar-refractivity contribution in [2.75, 3.05) is 0 Å². The number of nitrogens with zero attached hydrogens (tertiary/aromatic N) is 2. The summed E-state index contributed by atoms with van der Waals surface area (Å²) in [5.74, 6) is 0. The molecule has 17 heavy (non-hydrogen) atoms. The van der Waals surface area contributed by atoms with E-state index in [0.717, 1.165) is 5.56 Å². The van der Waals surface area contributed by atoms with Crippen LogP contribution in [0.1, 0.15) is 16.7 Å². The third-order valence-electron chi connectivity index (χ3n) is 2.84. The van der Waals surface area contributed by atoms with E-state index in [9.17, 15) is 4.79 Å². The number of aromatic nitrogens is 2. The van der Waals surface area contributed by atoms with E-state index in [2.05, 4.69) is 4.98 Å². The molecule has 0 spiro atoms. The van der Waals surface area contributed by atoms with E-state index in [1.54, 1.807) is 10.8 Å². The Hall–Kier alpha value is -1.61. The van der Waals surface area contributed by atoms with Gasteiger partial charge in [-0.15, -0.1) is 0 Å². The maximum absolute atomic E-state index is 11.8. The molecular weight excluding hydrogens is 236 g/mol. The molecule has 0 aliphatic rings. The molecule has 4 heteroatoms. The normalized spacial score (nSPS) is 10.5. The number of halogens is 1. The van der Waals surface area contributed by atoms with Gasteiger partial charge in [-0.3, -0.25) is 4.79 Å². The Morgan fingerprint density at radius 2 is 1.94 bits per heavy atom. The molecule has 0 N–H and O–H groups in total. The van der Waals surface area contributed by atoms with E-state index in [1.165, 1.54) is 17.3 Å². The van der Waals surface area contributed by atoms with Crippen molar-refractivity contribution in [3.63, 3.8) is 0 Å². The first-order valence-corrected chi connectivity index (χ1v) is 5.73. The Bertz CT molecular complexity index is 584. The molecule has 88 valence electrons. The van der Waals surface area contributed by atoms with Crippen LogP contribution in [0.3, 0.4) is 0 Å². The van der Waals surface area contributed by atoms with Gasteiger partial charge in [-0.1, -0.05) is 29.8 Å². The van der Waals surface area contributed by atoms with Crippen molar-refractivity contribution in [3.8, 4) is 0 Å². The van der Waals surface area contributed by atoms with Crippen LogP contribution >= 0.6 is 11.6 Å². The van der Waals surface area contributed by atoms with E-state index in [4.69, 9.17) is 11.6 Å². The third-order valence-corrected chi connectivity index (χ3v) is 3.10. The molecule has 0 saturated heterocycles. The fourth-order valence-corrected chi connectivity index (χ4v) is 1.98. The Morgan fingerprint density at radius 3 is 2.59 bits per heavy atom. The second-order valence-corrected chi connectivity index (χ2v) is 4.38. The maximum atomic E-state index is 11.8. The molecule has 0 fully saturated rings. The van der Waals surface area contributed by atoms with Crippen molar-refractivity contribution in [1.29, 1.82) is 0 Å². The summed E-state index contributed by atoms with van der Waals surface area (Å²) in [6.07, 6.45) is 3.19. The van der Waals surface area contributed by atoms with Crippen LogP contribution in [-0.2, 0) is 6.54 Å². The second-order valence-electron chi connectivity index (χ2n) is 4.02. The molecule has 0 aliphatic carbocycles. The van der Waals surface area contributed by atoms with Crippen LogP contribution < -0.4 is 5.56 Å². The average Bonchev–Trinajstić information content (AvgIpc) is 2.29. The van der Waals surface area contributed by atoms with Crippen molar-refractivity contribution in [1.82, 2.24) is 9.55 Å². The molecule has 0 amide bonds. The van der Waals surface area contributed by atoms with E-state index in [-0.39, 0.29) is 10.7 Å². The van der Waals surface area contributed by atoms with Gasteiger partial charge < -0.3 is 4.57 Å². The summed E-state index contributed by atoms with van der Waals surface area (Å²) in [6, 6.07) is 6.09. The van der Waals surface area contributed by atoms with E-state index in [0.29, 0.717) is 6.54 Å². The zero-order chi connectivity index (χ0) is 12.4. The Balaban J connectivity index is 2.45. The molecule has 0 aliphatic heterocycles. The van der Waals surface area contributed by atoms with Crippen LogP contribution in [0, 0.1) is 13.8 Å². The Labute approximate surface area is 105 Å². The fraction of sp³-hybridized carbons (Fsp3) is 0.231. The van der Waals surface area contributed by atoms with E-state index < -0.39 is 0 Å². The summed E-state index contributed by atoms with van der Waals surface area (Å²) in [5.41, 5.74) is 3.24. The number of rotatable bonds is 2. The van der Waals surface area contributed by atoms with Crippen LogP contribution in [-0.4, -0.2) is 9.55 Å². The van der Waals surface area contributed by atoms with Gasteiger partial charge in [0.1, 0.15) is 0 Å². The van der Waals surface area contributed by atoms with Crippen molar-refractivity contribution >= 4 is 11.6 Å². The number of hydrogen-bond donors (Lipinski definition) is 0. The van der Waals surface area contributed by atoms with Crippen molar-refractivity contribution < 1.29 is 0 Å². The molecule has 1 aromatic carbocycles. The summed E-state index contributed by atoms with van der Waals surface area (Å²) in [7, 11) is 0. The first-order valence-electron chi connectivity index (χ1n) is 5.35. The highest BCUT2D eigenvalue weighted by molar-refractivity contribution is 6.29. The Kier molecular flexibility index (Phi) is 3.29. The lowest BCUT2D eigenvalue weighted by atomic mass is 10.0. The maximum Gasteiger partial charge on any atom is 0.288 e. The summed E-state index contributed by atoms with van der Waals surface area (Å²) >= 11 is 5.72. The van der Waals surface area contributed by atoms with Crippen molar-refractivity contribution in [3.05, 3.63) is 62.8 Å². The van der Waals surface area contributed by atoms with Crippen LogP contribution in [0.25, 0.3) is 0 Å². The predicted molar refractivity (Wildman–Crippen MR) is 68.5 cm³/mol. The number of aryl methyl sites for hydroxylation is 2. The highest BCUT2D eigenvalue weighted by Gasteiger charge is 2.06. The van der Waals surface area contributed by atoms with Gasteiger partial charge in [0.05, 0.1) is 6.54 Å². The SMILES string of the molecule is Cc1cccc(C)c1Cn1ccnc(Cl)c1=O. The van der Waals surface area contributed by atoms with Crippen molar-refractivity contribution in [2.45, 2.75) is 20.4 Å². The van der Waals surface area contributed by atoms with Crippen molar-refractivity contribution in [2.24, 2.45) is 0 Å². The van der Waals surface area contributed by atoms with Crippen LogP contribution in [0.5, 0.6) is 0 Å².